The molecule has 9 heteroatoms. The highest BCUT2D eigenvalue weighted by Gasteiger charge is 2.55. The zero-order chi connectivity index (χ0) is 22.8. The van der Waals surface area contributed by atoms with Crippen LogP contribution in [0.15, 0.2) is 12.7 Å². The van der Waals surface area contributed by atoms with Crippen LogP contribution < -0.4 is 10.6 Å². The highest BCUT2D eigenvalue weighted by Crippen LogP contribution is 2.54. The van der Waals surface area contributed by atoms with E-state index in [4.69, 9.17) is 4.74 Å². The summed E-state index contributed by atoms with van der Waals surface area (Å²) in [5.74, 6) is -0.470. The maximum atomic E-state index is 13.5. The minimum atomic E-state index is -0.801. The summed E-state index contributed by atoms with van der Waals surface area (Å²) in [6, 6.07) is -1.41. The average Bonchev–Trinajstić information content (AvgIpc) is 3.08. The summed E-state index contributed by atoms with van der Waals surface area (Å²) in [5.41, 5.74) is -0.548. The first kappa shape index (κ1) is 24.0. The second-order valence-electron chi connectivity index (χ2n) is 10.1. The number of carbonyl (C=O) groups excluding carboxylic acids is 3. The van der Waals surface area contributed by atoms with Crippen LogP contribution in [0, 0.1) is 11.3 Å². The Morgan fingerprint density at radius 1 is 1.23 bits per heavy atom. The van der Waals surface area contributed by atoms with Crippen molar-refractivity contribution in [2.45, 2.75) is 89.2 Å². The van der Waals surface area contributed by atoms with E-state index in [-0.39, 0.29) is 23.8 Å². The van der Waals surface area contributed by atoms with Crippen LogP contribution in [0.1, 0.15) is 65.7 Å². The molecular weight excluding hydrogens is 417 g/mol. The van der Waals surface area contributed by atoms with Crippen molar-refractivity contribution in [2.24, 2.45) is 11.3 Å². The Morgan fingerprint density at radius 3 is 2.45 bits per heavy atom. The topological polar surface area (TPSA) is 108 Å². The second-order valence-corrected chi connectivity index (χ2v) is 11.2. The molecule has 1 heterocycles. The smallest absolute Gasteiger partial charge is 0.408 e. The summed E-state index contributed by atoms with van der Waals surface area (Å²) in [7, 11) is -0.417. The van der Waals surface area contributed by atoms with Gasteiger partial charge in [-0.3, -0.25) is 9.59 Å². The van der Waals surface area contributed by atoms with Crippen LogP contribution in [0.3, 0.4) is 0 Å². The summed E-state index contributed by atoms with van der Waals surface area (Å²) < 4.78 is 5.50. The first-order chi connectivity index (χ1) is 14.6. The van der Waals surface area contributed by atoms with Crippen LogP contribution >= 0.6 is 8.81 Å². The normalized spacial score (nSPS) is 29.7. The molecule has 1 saturated heterocycles. The number of carbonyl (C=O) groups is 3. The van der Waals surface area contributed by atoms with Gasteiger partial charge in [0.2, 0.25) is 11.8 Å². The van der Waals surface area contributed by atoms with E-state index >= 15 is 0 Å². The lowest BCUT2D eigenvalue weighted by molar-refractivity contribution is -0.142. The van der Waals surface area contributed by atoms with Crippen molar-refractivity contribution in [1.29, 1.82) is 0 Å². The molecule has 174 valence electrons. The fraction of sp³-hybridized carbons (Fsp3) is 0.773. The molecule has 0 spiro atoms. The van der Waals surface area contributed by atoms with Crippen LogP contribution in [-0.2, 0) is 14.3 Å². The molecule has 2 saturated carbocycles. The molecule has 3 N–H and O–H groups in total. The molecule has 3 amide bonds. The molecular formula is C22H36N3O5P. The number of hydrogen-bond acceptors (Lipinski definition) is 5. The Balaban J connectivity index is 1.67. The minimum absolute atomic E-state index is 0.0553. The summed E-state index contributed by atoms with van der Waals surface area (Å²) in [4.78, 5) is 50.3. The fourth-order valence-corrected chi connectivity index (χ4v) is 5.38. The summed E-state index contributed by atoms with van der Waals surface area (Å²) in [6.07, 6.45) is 6.83. The number of amides is 3. The van der Waals surface area contributed by atoms with Crippen molar-refractivity contribution in [3.63, 3.8) is 0 Å². The van der Waals surface area contributed by atoms with Gasteiger partial charge in [0.25, 0.3) is 0 Å². The molecule has 3 aliphatic rings. The van der Waals surface area contributed by atoms with E-state index in [0.717, 1.165) is 25.7 Å². The third-order valence-electron chi connectivity index (χ3n) is 6.63. The van der Waals surface area contributed by atoms with E-state index in [1.165, 1.54) is 0 Å². The van der Waals surface area contributed by atoms with Gasteiger partial charge >= 0.3 is 6.09 Å². The number of likely N-dealkylation sites (tertiary alicyclic amines) is 1. The number of hydrogen-bond donors (Lipinski definition) is 3. The zero-order valence-corrected chi connectivity index (χ0v) is 19.8. The SMILES string of the molecule is C=CC1CC1(NC(=O)C1CCCN1C(=O)C(NC(=O)OC1CCCC1)C(C)(C)C)PO. The van der Waals surface area contributed by atoms with Gasteiger partial charge in [-0.25, -0.2) is 4.79 Å². The lowest BCUT2D eigenvalue weighted by Crippen LogP contribution is -2.58. The van der Waals surface area contributed by atoms with Crippen LogP contribution in [-0.4, -0.2) is 57.7 Å². The Kier molecular flexibility index (Phi) is 7.32. The number of rotatable bonds is 7. The van der Waals surface area contributed by atoms with Crippen molar-refractivity contribution in [3.05, 3.63) is 12.7 Å². The van der Waals surface area contributed by atoms with Crippen molar-refractivity contribution in [2.75, 3.05) is 6.54 Å². The van der Waals surface area contributed by atoms with Crippen LogP contribution in [0.4, 0.5) is 4.79 Å². The monoisotopic (exact) mass is 453 g/mol. The van der Waals surface area contributed by atoms with Gasteiger partial charge in [0.1, 0.15) is 18.2 Å². The predicted octanol–water partition coefficient (Wildman–Crippen LogP) is 2.67. The van der Waals surface area contributed by atoms with Gasteiger partial charge in [-0.2, -0.15) is 0 Å². The molecule has 0 radical (unpaired) electrons. The Morgan fingerprint density at radius 2 is 1.90 bits per heavy atom. The van der Waals surface area contributed by atoms with Crippen LogP contribution in [0.25, 0.3) is 0 Å². The third-order valence-corrected chi connectivity index (χ3v) is 7.73. The van der Waals surface area contributed by atoms with Gasteiger partial charge in [-0.1, -0.05) is 26.8 Å². The highest BCUT2D eigenvalue weighted by molar-refractivity contribution is 7.33. The van der Waals surface area contributed by atoms with Gasteiger partial charge in [0.05, 0.1) is 5.28 Å². The molecule has 2 aliphatic carbocycles. The van der Waals surface area contributed by atoms with Gasteiger partial charge in [-0.05, 0) is 50.4 Å². The van der Waals surface area contributed by atoms with Gasteiger partial charge in [-0.15, -0.1) is 6.58 Å². The molecule has 5 atom stereocenters. The second kappa shape index (κ2) is 9.45. The summed E-state index contributed by atoms with van der Waals surface area (Å²) in [5, 5.41) is 5.09. The van der Waals surface area contributed by atoms with Crippen LogP contribution in [0.5, 0.6) is 0 Å². The highest BCUT2D eigenvalue weighted by atomic mass is 31.1. The van der Waals surface area contributed by atoms with Crippen molar-refractivity contribution < 1.29 is 24.0 Å². The Labute approximate surface area is 186 Å². The Hall–Kier alpha value is -1.66. The van der Waals surface area contributed by atoms with Crippen molar-refractivity contribution >= 4 is 26.7 Å². The number of alkyl carbamates (subject to hydrolysis) is 1. The molecule has 3 rings (SSSR count). The third kappa shape index (κ3) is 5.40. The lowest BCUT2D eigenvalue weighted by Gasteiger charge is -2.35. The zero-order valence-electron chi connectivity index (χ0n) is 18.8. The summed E-state index contributed by atoms with van der Waals surface area (Å²) in [6.45, 7) is 9.87. The first-order valence-corrected chi connectivity index (χ1v) is 12.2. The van der Waals surface area contributed by atoms with E-state index < -0.39 is 37.7 Å². The number of nitrogens with zero attached hydrogens (tertiary/aromatic N) is 1. The first-order valence-electron chi connectivity index (χ1n) is 11.2. The van der Waals surface area contributed by atoms with Crippen molar-refractivity contribution in [1.82, 2.24) is 15.5 Å². The minimum Gasteiger partial charge on any atom is -0.446 e. The quantitative estimate of drug-likeness (QED) is 0.406. The maximum absolute atomic E-state index is 13.5. The van der Waals surface area contributed by atoms with E-state index in [1.54, 1.807) is 11.0 Å². The molecule has 1 aliphatic heterocycles. The largest absolute Gasteiger partial charge is 0.446 e. The maximum Gasteiger partial charge on any atom is 0.408 e. The molecule has 0 bridgehead atoms. The van der Waals surface area contributed by atoms with Gasteiger partial charge < -0.3 is 25.2 Å². The van der Waals surface area contributed by atoms with E-state index in [2.05, 4.69) is 17.2 Å². The fourth-order valence-electron chi connectivity index (χ4n) is 4.60. The predicted molar refractivity (Wildman–Crippen MR) is 120 cm³/mol. The van der Waals surface area contributed by atoms with Gasteiger partial charge in [0.15, 0.2) is 0 Å². The molecule has 3 fully saturated rings. The van der Waals surface area contributed by atoms with Crippen LogP contribution in [0.2, 0.25) is 0 Å². The number of nitrogens with one attached hydrogen (secondary N) is 2. The standard InChI is InChI=1S/C22H36N3O5P/c1-5-14-13-22(14,31-29)24-18(26)16-11-8-12-25(16)19(27)17(21(2,3)4)23-20(28)30-15-9-6-7-10-15/h5,14-17,29,31H,1,6-13H2,2-4H3,(H,23,28)(H,24,26). The van der Waals surface area contributed by atoms with E-state index in [9.17, 15) is 19.3 Å². The van der Waals surface area contributed by atoms with Gasteiger partial charge in [0, 0.05) is 21.3 Å². The molecule has 0 aromatic heterocycles. The molecule has 8 nitrogen and oxygen atoms in total. The Bertz CT molecular complexity index is 718. The number of ether oxygens (including phenoxy) is 1. The molecule has 5 unspecified atom stereocenters. The lowest BCUT2D eigenvalue weighted by atomic mass is 9.85. The van der Waals surface area contributed by atoms with Crippen molar-refractivity contribution in [3.8, 4) is 0 Å². The van der Waals surface area contributed by atoms with E-state index in [1.807, 2.05) is 20.8 Å². The molecule has 31 heavy (non-hydrogen) atoms. The molecule has 0 aromatic carbocycles. The summed E-state index contributed by atoms with van der Waals surface area (Å²) >= 11 is 0. The van der Waals surface area contributed by atoms with E-state index in [0.29, 0.717) is 25.8 Å². The molecule has 0 aromatic rings. The average molecular weight is 454 g/mol.